The van der Waals surface area contributed by atoms with Crippen molar-refractivity contribution in [2.45, 2.75) is 19.8 Å². The molecule has 98 valence electrons. The minimum Gasteiger partial charge on any atom is -0.379 e. The summed E-state index contributed by atoms with van der Waals surface area (Å²) in [5.41, 5.74) is 5.26. The number of hydrazine groups is 1. The molecule has 0 unspecified atom stereocenters. The maximum atomic E-state index is 11.8. The molecule has 1 aliphatic rings. The predicted octanol–water partition coefficient (Wildman–Crippen LogP) is 1.15. The van der Waals surface area contributed by atoms with Gasteiger partial charge in [0.1, 0.15) is 0 Å². The zero-order chi connectivity index (χ0) is 12.8. The summed E-state index contributed by atoms with van der Waals surface area (Å²) in [5, 5.41) is 1.92. The summed E-state index contributed by atoms with van der Waals surface area (Å²) >= 11 is 0. The molecule has 0 bridgehead atoms. The molecule has 0 spiro atoms. The van der Waals surface area contributed by atoms with Gasteiger partial charge in [-0.15, -0.1) is 0 Å². The summed E-state index contributed by atoms with van der Waals surface area (Å²) < 4.78 is 5.23. The van der Waals surface area contributed by atoms with Crippen molar-refractivity contribution in [1.29, 1.82) is 0 Å². The minimum absolute atomic E-state index is 0.0427. The fraction of sp³-hybridized carbons (Fsp3) is 0.500. The molecule has 1 aromatic rings. The van der Waals surface area contributed by atoms with Gasteiger partial charge in [0.2, 0.25) is 5.91 Å². The average molecular weight is 248 g/mol. The van der Waals surface area contributed by atoms with Crippen molar-refractivity contribution in [2.75, 3.05) is 26.3 Å². The van der Waals surface area contributed by atoms with E-state index in [-0.39, 0.29) is 5.91 Å². The third-order valence-corrected chi connectivity index (χ3v) is 3.09. The van der Waals surface area contributed by atoms with Gasteiger partial charge in [0.05, 0.1) is 19.6 Å². The monoisotopic (exact) mass is 248 g/mol. The molecule has 2 rings (SSSR count). The summed E-state index contributed by atoms with van der Waals surface area (Å²) in [7, 11) is 0. The highest BCUT2D eigenvalue weighted by atomic mass is 16.5. The van der Waals surface area contributed by atoms with Crippen LogP contribution in [0.1, 0.15) is 18.1 Å². The molecule has 0 aliphatic carbocycles. The number of benzene rings is 1. The van der Waals surface area contributed by atoms with E-state index in [1.54, 1.807) is 0 Å². The van der Waals surface area contributed by atoms with Crippen LogP contribution in [-0.2, 0) is 22.4 Å². The molecule has 4 nitrogen and oxygen atoms in total. The summed E-state index contributed by atoms with van der Waals surface area (Å²) in [6.45, 7) is 5.03. The van der Waals surface area contributed by atoms with Crippen molar-refractivity contribution in [3.8, 4) is 0 Å². The predicted molar refractivity (Wildman–Crippen MR) is 70.1 cm³/mol. The smallest absolute Gasteiger partial charge is 0.238 e. The molecule has 0 aromatic heterocycles. The molecular formula is C14H20N2O2. The van der Waals surface area contributed by atoms with Crippen molar-refractivity contribution < 1.29 is 9.53 Å². The number of hydrogen-bond donors (Lipinski definition) is 1. The van der Waals surface area contributed by atoms with Crippen molar-refractivity contribution in [2.24, 2.45) is 0 Å². The molecule has 1 saturated heterocycles. The lowest BCUT2D eigenvalue weighted by Gasteiger charge is -2.26. The molecule has 1 amide bonds. The van der Waals surface area contributed by atoms with Crippen molar-refractivity contribution >= 4 is 5.91 Å². The first-order valence-electron chi connectivity index (χ1n) is 6.48. The Morgan fingerprint density at radius 1 is 1.22 bits per heavy atom. The minimum atomic E-state index is 0.0427. The van der Waals surface area contributed by atoms with E-state index in [1.807, 2.05) is 17.1 Å². The van der Waals surface area contributed by atoms with Gasteiger partial charge in [-0.05, 0) is 17.5 Å². The number of amides is 1. The van der Waals surface area contributed by atoms with Crippen LogP contribution in [0.5, 0.6) is 0 Å². The molecule has 1 heterocycles. The number of hydrogen-bond acceptors (Lipinski definition) is 3. The van der Waals surface area contributed by atoms with E-state index in [0.29, 0.717) is 19.6 Å². The Kier molecular flexibility index (Phi) is 4.73. The topological polar surface area (TPSA) is 41.6 Å². The number of morpholine rings is 1. The van der Waals surface area contributed by atoms with Crippen LogP contribution in [0.4, 0.5) is 0 Å². The number of rotatable bonds is 4. The molecule has 1 fully saturated rings. The fourth-order valence-corrected chi connectivity index (χ4v) is 1.97. The largest absolute Gasteiger partial charge is 0.379 e. The molecule has 4 heteroatoms. The van der Waals surface area contributed by atoms with Crippen molar-refractivity contribution in [1.82, 2.24) is 10.4 Å². The van der Waals surface area contributed by atoms with Crippen LogP contribution in [0.25, 0.3) is 0 Å². The van der Waals surface area contributed by atoms with Crippen LogP contribution in [0.2, 0.25) is 0 Å². The average Bonchev–Trinajstić information content (AvgIpc) is 2.40. The maximum Gasteiger partial charge on any atom is 0.238 e. The first-order valence-corrected chi connectivity index (χ1v) is 6.48. The van der Waals surface area contributed by atoms with Gasteiger partial charge in [-0.1, -0.05) is 31.2 Å². The maximum absolute atomic E-state index is 11.8. The second-order valence-corrected chi connectivity index (χ2v) is 4.48. The van der Waals surface area contributed by atoms with Crippen LogP contribution < -0.4 is 5.43 Å². The Morgan fingerprint density at radius 2 is 1.83 bits per heavy atom. The van der Waals surface area contributed by atoms with Gasteiger partial charge in [0.25, 0.3) is 0 Å². The van der Waals surface area contributed by atoms with E-state index in [4.69, 9.17) is 4.74 Å². The van der Waals surface area contributed by atoms with Gasteiger partial charge >= 0.3 is 0 Å². The van der Waals surface area contributed by atoms with E-state index in [1.165, 1.54) is 5.56 Å². The van der Waals surface area contributed by atoms with E-state index in [0.717, 1.165) is 25.1 Å². The molecule has 0 saturated carbocycles. The molecule has 1 aromatic carbocycles. The summed E-state index contributed by atoms with van der Waals surface area (Å²) in [6.07, 6.45) is 1.46. The second kappa shape index (κ2) is 6.52. The van der Waals surface area contributed by atoms with Crippen LogP contribution in [0.3, 0.4) is 0 Å². The fourth-order valence-electron chi connectivity index (χ4n) is 1.97. The molecule has 1 N–H and O–H groups in total. The van der Waals surface area contributed by atoms with Crippen LogP contribution >= 0.6 is 0 Å². The van der Waals surface area contributed by atoms with Crippen LogP contribution in [0.15, 0.2) is 24.3 Å². The molecular weight excluding hydrogens is 228 g/mol. The second-order valence-electron chi connectivity index (χ2n) is 4.48. The Hall–Kier alpha value is -1.39. The molecule has 18 heavy (non-hydrogen) atoms. The van der Waals surface area contributed by atoms with Crippen molar-refractivity contribution in [3.05, 3.63) is 35.4 Å². The SMILES string of the molecule is CCc1ccc(CC(=O)NN2CCOCC2)cc1. The van der Waals surface area contributed by atoms with E-state index >= 15 is 0 Å². The third kappa shape index (κ3) is 3.82. The zero-order valence-electron chi connectivity index (χ0n) is 10.8. The number of nitrogens with one attached hydrogen (secondary N) is 1. The molecule has 0 atom stereocenters. The summed E-state index contributed by atoms with van der Waals surface area (Å²) in [4.78, 5) is 11.8. The Morgan fingerprint density at radius 3 is 2.44 bits per heavy atom. The lowest BCUT2D eigenvalue weighted by molar-refractivity contribution is -0.127. The lowest BCUT2D eigenvalue weighted by Crippen LogP contribution is -2.48. The standard InChI is InChI=1S/C14H20N2O2/c1-2-12-3-5-13(6-4-12)11-14(17)15-16-7-9-18-10-8-16/h3-6H,2,7-11H2,1H3,(H,15,17). The van der Waals surface area contributed by atoms with Gasteiger partial charge in [0, 0.05) is 13.1 Å². The molecule has 0 radical (unpaired) electrons. The Balaban J connectivity index is 1.82. The van der Waals surface area contributed by atoms with Gasteiger partial charge in [-0.3, -0.25) is 10.2 Å². The van der Waals surface area contributed by atoms with E-state index < -0.39 is 0 Å². The van der Waals surface area contributed by atoms with E-state index in [9.17, 15) is 4.79 Å². The first kappa shape index (κ1) is 13.1. The van der Waals surface area contributed by atoms with Gasteiger partial charge in [-0.25, -0.2) is 5.01 Å². The Labute approximate surface area is 108 Å². The quantitative estimate of drug-likeness (QED) is 0.869. The summed E-state index contributed by atoms with van der Waals surface area (Å²) in [5.74, 6) is 0.0427. The lowest BCUT2D eigenvalue weighted by atomic mass is 10.1. The normalized spacial score (nSPS) is 16.5. The number of carbonyl (C=O) groups is 1. The number of nitrogens with zero attached hydrogens (tertiary/aromatic N) is 1. The van der Waals surface area contributed by atoms with Crippen LogP contribution in [0, 0.1) is 0 Å². The number of aryl methyl sites for hydroxylation is 1. The van der Waals surface area contributed by atoms with Gasteiger partial charge in [-0.2, -0.15) is 0 Å². The third-order valence-electron chi connectivity index (χ3n) is 3.09. The zero-order valence-corrected chi connectivity index (χ0v) is 10.8. The first-order chi connectivity index (χ1) is 8.78. The number of ether oxygens (including phenoxy) is 1. The summed E-state index contributed by atoms with van der Waals surface area (Å²) in [6, 6.07) is 8.21. The van der Waals surface area contributed by atoms with Crippen molar-refractivity contribution in [3.63, 3.8) is 0 Å². The van der Waals surface area contributed by atoms with E-state index in [2.05, 4.69) is 24.5 Å². The van der Waals surface area contributed by atoms with Gasteiger partial charge < -0.3 is 4.74 Å². The Bertz CT molecular complexity index is 383. The van der Waals surface area contributed by atoms with Gasteiger partial charge in [0.15, 0.2) is 0 Å². The molecule has 1 aliphatic heterocycles. The van der Waals surface area contributed by atoms with Crippen LogP contribution in [-0.4, -0.2) is 37.2 Å². The highest BCUT2D eigenvalue weighted by Crippen LogP contribution is 2.06. The number of carbonyl (C=O) groups excluding carboxylic acids is 1. The highest BCUT2D eigenvalue weighted by molar-refractivity contribution is 5.78. The highest BCUT2D eigenvalue weighted by Gasteiger charge is 2.13.